The predicted molar refractivity (Wildman–Crippen MR) is 106 cm³/mol. The van der Waals surface area contributed by atoms with Gasteiger partial charge >= 0.3 is 0 Å². The van der Waals surface area contributed by atoms with Gasteiger partial charge in [-0.3, -0.25) is 9.59 Å². The number of carbonyl (C=O) groups is 2. The highest BCUT2D eigenvalue weighted by Gasteiger charge is 2.22. The van der Waals surface area contributed by atoms with Crippen LogP contribution in [0.15, 0.2) is 50.5 Å². The second kappa shape index (κ2) is 7.46. The van der Waals surface area contributed by atoms with E-state index >= 15 is 0 Å². The van der Waals surface area contributed by atoms with Gasteiger partial charge < -0.3 is 9.73 Å². The number of hydrogen-bond donors (Lipinski definition) is 1. The summed E-state index contributed by atoms with van der Waals surface area (Å²) in [6.45, 7) is 0. The van der Waals surface area contributed by atoms with Gasteiger partial charge in [0.25, 0.3) is 5.22 Å². The highest BCUT2D eigenvalue weighted by molar-refractivity contribution is 9.10. The van der Waals surface area contributed by atoms with Crippen LogP contribution in [0.2, 0.25) is 5.02 Å². The maximum Gasteiger partial charge on any atom is 0.277 e. The Morgan fingerprint density at radius 3 is 2.81 bits per heavy atom. The maximum absolute atomic E-state index is 12.5. The first kappa shape index (κ1) is 18.2. The molecule has 1 aliphatic heterocycles. The van der Waals surface area contributed by atoms with E-state index < -0.39 is 0 Å². The molecular formula is C18H11BrClN3O3S. The third-order valence-electron chi connectivity index (χ3n) is 3.94. The largest absolute Gasteiger partial charge is 0.411 e. The van der Waals surface area contributed by atoms with E-state index in [1.54, 1.807) is 12.1 Å². The van der Waals surface area contributed by atoms with Crippen LogP contribution in [0.25, 0.3) is 11.5 Å². The summed E-state index contributed by atoms with van der Waals surface area (Å²) >= 11 is 10.7. The number of thioether (sulfide) groups is 1. The molecule has 0 bridgehead atoms. The summed E-state index contributed by atoms with van der Waals surface area (Å²) < 4.78 is 6.55. The zero-order valence-corrected chi connectivity index (χ0v) is 16.8. The van der Waals surface area contributed by atoms with Crippen LogP contribution in [-0.4, -0.2) is 27.6 Å². The molecule has 4 rings (SSSR count). The van der Waals surface area contributed by atoms with Gasteiger partial charge in [-0.1, -0.05) is 39.3 Å². The standard InChI is InChI=1S/C18H11BrClN3O3S/c19-11-3-1-9(2-4-11)17-22-23-18(26-17)27-8-15(24)12-5-10-6-16(25)21-14(10)7-13(12)20/h1-5,7H,6,8H2,(H,21,25). The van der Waals surface area contributed by atoms with Crippen molar-refractivity contribution in [3.05, 3.63) is 57.0 Å². The quantitative estimate of drug-likeness (QED) is 0.438. The number of rotatable bonds is 5. The van der Waals surface area contributed by atoms with Crippen molar-refractivity contribution < 1.29 is 14.0 Å². The molecule has 9 heteroatoms. The van der Waals surface area contributed by atoms with E-state index in [4.69, 9.17) is 16.0 Å². The minimum absolute atomic E-state index is 0.0991. The number of fused-ring (bicyclic) bond motifs is 1. The third kappa shape index (κ3) is 3.92. The van der Waals surface area contributed by atoms with Gasteiger partial charge in [-0.05, 0) is 42.0 Å². The molecule has 1 aliphatic rings. The van der Waals surface area contributed by atoms with Crippen LogP contribution in [0.1, 0.15) is 15.9 Å². The molecule has 0 spiro atoms. The second-order valence-corrected chi connectivity index (χ2v) is 8.06. The first-order chi connectivity index (χ1) is 13.0. The molecule has 27 heavy (non-hydrogen) atoms. The Balaban J connectivity index is 1.45. The molecule has 0 aliphatic carbocycles. The van der Waals surface area contributed by atoms with E-state index in [2.05, 4.69) is 31.4 Å². The van der Waals surface area contributed by atoms with Crippen molar-refractivity contribution in [3.8, 4) is 11.5 Å². The van der Waals surface area contributed by atoms with E-state index in [0.717, 1.165) is 27.4 Å². The molecule has 3 aromatic rings. The zero-order chi connectivity index (χ0) is 19.0. The minimum Gasteiger partial charge on any atom is -0.411 e. The number of aromatic nitrogens is 2. The summed E-state index contributed by atoms with van der Waals surface area (Å²) in [4.78, 5) is 24.0. The summed E-state index contributed by atoms with van der Waals surface area (Å²) in [5.41, 5.74) is 2.60. The van der Waals surface area contributed by atoms with Crippen molar-refractivity contribution in [2.75, 3.05) is 11.1 Å². The topological polar surface area (TPSA) is 85.1 Å². The van der Waals surface area contributed by atoms with Crippen molar-refractivity contribution in [1.29, 1.82) is 0 Å². The van der Waals surface area contributed by atoms with Crippen LogP contribution in [0, 0.1) is 0 Å². The van der Waals surface area contributed by atoms with Crippen LogP contribution in [-0.2, 0) is 11.2 Å². The Kier molecular flexibility index (Phi) is 5.03. The molecule has 2 aromatic carbocycles. The van der Waals surface area contributed by atoms with Gasteiger partial charge in [-0.25, -0.2) is 0 Å². The number of amides is 1. The number of Topliss-reactive ketones (excluding diaryl/α,β-unsaturated/α-hetero) is 1. The van der Waals surface area contributed by atoms with E-state index in [0.29, 0.717) is 27.4 Å². The van der Waals surface area contributed by atoms with Crippen LogP contribution in [0.5, 0.6) is 0 Å². The highest BCUT2D eigenvalue weighted by Crippen LogP contribution is 2.31. The number of ketones is 1. The number of anilines is 1. The molecule has 6 nitrogen and oxygen atoms in total. The number of benzene rings is 2. The van der Waals surface area contributed by atoms with Crippen LogP contribution in [0.4, 0.5) is 5.69 Å². The van der Waals surface area contributed by atoms with Crippen molar-refractivity contribution in [1.82, 2.24) is 10.2 Å². The monoisotopic (exact) mass is 463 g/mol. The SMILES string of the molecule is O=C1Cc2cc(C(=O)CSc3nnc(-c4ccc(Br)cc4)o3)c(Cl)cc2N1. The molecule has 0 saturated heterocycles. The smallest absolute Gasteiger partial charge is 0.277 e. The number of nitrogens with zero attached hydrogens (tertiary/aromatic N) is 2. The number of hydrogen-bond acceptors (Lipinski definition) is 6. The van der Waals surface area contributed by atoms with Crippen molar-refractivity contribution in [2.24, 2.45) is 0 Å². The molecule has 1 amide bonds. The molecule has 0 unspecified atom stereocenters. The molecule has 136 valence electrons. The second-order valence-electron chi connectivity index (χ2n) is 5.81. The molecule has 0 radical (unpaired) electrons. The summed E-state index contributed by atoms with van der Waals surface area (Å²) in [5.74, 6) is 0.210. The third-order valence-corrected chi connectivity index (χ3v) is 5.60. The lowest BCUT2D eigenvalue weighted by molar-refractivity contribution is -0.115. The van der Waals surface area contributed by atoms with Crippen molar-refractivity contribution >= 4 is 56.7 Å². The molecular weight excluding hydrogens is 454 g/mol. The van der Waals surface area contributed by atoms with Crippen LogP contribution >= 0.6 is 39.3 Å². The molecule has 0 atom stereocenters. The fraction of sp³-hybridized carbons (Fsp3) is 0.111. The lowest BCUT2D eigenvalue weighted by Gasteiger charge is -2.06. The van der Waals surface area contributed by atoms with Gasteiger partial charge in [-0.15, -0.1) is 10.2 Å². The minimum atomic E-state index is -0.171. The Morgan fingerprint density at radius 1 is 1.26 bits per heavy atom. The van der Waals surface area contributed by atoms with Gasteiger partial charge in [0.05, 0.1) is 17.2 Å². The first-order valence-electron chi connectivity index (χ1n) is 7.87. The predicted octanol–water partition coefficient (Wildman–Crippen LogP) is 4.62. The Labute approximate surface area is 171 Å². The summed E-state index contributed by atoms with van der Waals surface area (Å²) in [6, 6.07) is 10.8. The van der Waals surface area contributed by atoms with Crippen LogP contribution in [0.3, 0.4) is 0 Å². The van der Waals surface area contributed by atoms with E-state index in [1.807, 2.05) is 24.3 Å². The first-order valence-corrected chi connectivity index (χ1v) is 10.0. The average Bonchev–Trinajstić information content (AvgIpc) is 3.25. The lowest BCUT2D eigenvalue weighted by Crippen LogP contribution is -2.04. The van der Waals surface area contributed by atoms with Crippen LogP contribution < -0.4 is 5.32 Å². The van der Waals surface area contributed by atoms with Crippen molar-refractivity contribution in [2.45, 2.75) is 11.6 Å². The Hall–Kier alpha value is -2.16. The molecule has 0 fully saturated rings. The lowest BCUT2D eigenvalue weighted by atomic mass is 10.1. The maximum atomic E-state index is 12.5. The Bertz CT molecular complexity index is 1050. The summed E-state index contributed by atoms with van der Waals surface area (Å²) in [6.07, 6.45) is 0.250. The average molecular weight is 465 g/mol. The molecule has 0 saturated carbocycles. The zero-order valence-electron chi connectivity index (χ0n) is 13.7. The molecule has 2 heterocycles. The molecule has 1 N–H and O–H groups in total. The molecule has 1 aromatic heterocycles. The fourth-order valence-corrected chi connectivity index (χ4v) is 3.82. The van der Waals surface area contributed by atoms with Gasteiger partial charge in [0.1, 0.15) is 0 Å². The number of carbonyl (C=O) groups excluding carboxylic acids is 2. The number of nitrogens with one attached hydrogen (secondary N) is 1. The highest BCUT2D eigenvalue weighted by atomic mass is 79.9. The fourth-order valence-electron chi connectivity index (χ4n) is 2.64. The van der Waals surface area contributed by atoms with E-state index in [1.165, 1.54) is 0 Å². The Morgan fingerprint density at radius 2 is 2.04 bits per heavy atom. The van der Waals surface area contributed by atoms with Gasteiger partial charge in [0.2, 0.25) is 11.8 Å². The van der Waals surface area contributed by atoms with Gasteiger partial charge in [0.15, 0.2) is 5.78 Å². The van der Waals surface area contributed by atoms with E-state index in [-0.39, 0.29) is 23.9 Å². The summed E-state index contributed by atoms with van der Waals surface area (Å²) in [5, 5.41) is 11.3. The number of halogens is 2. The van der Waals surface area contributed by atoms with Gasteiger partial charge in [-0.2, -0.15) is 0 Å². The van der Waals surface area contributed by atoms with Crippen molar-refractivity contribution in [3.63, 3.8) is 0 Å². The van der Waals surface area contributed by atoms with Gasteiger partial charge in [0, 0.05) is 21.3 Å². The normalized spacial score (nSPS) is 12.7. The summed E-state index contributed by atoms with van der Waals surface area (Å²) in [7, 11) is 0. The van der Waals surface area contributed by atoms with E-state index in [9.17, 15) is 9.59 Å².